The number of carbonyl (C=O) groups excluding carboxylic acids is 2. The Morgan fingerprint density at radius 3 is 2.67 bits per heavy atom. The van der Waals surface area contributed by atoms with Crippen LogP contribution in [0.25, 0.3) is 10.9 Å². The van der Waals surface area contributed by atoms with Crippen LogP contribution in [0.1, 0.15) is 48.7 Å². The Kier molecular flexibility index (Phi) is 5.48. The molecule has 2 aromatic heterocycles. The summed E-state index contributed by atoms with van der Waals surface area (Å²) in [5.41, 5.74) is 2.61. The maximum atomic E-state index is 13.0. The molecule has 0 saturated carbocycles. The van der Waals surface area contributed by atoms with Gasteiger partial charge in [0.25, 0.3) is 5.91 Å². The number of carbonyl (C=O) groups is 2. The molecular formula is C22H26N6O2. The minimum absolute atomic E-state index is 0.0479. The van der Waals surface area contributed by atoms with E-state index in [1.807, 2.05) is 50.1 Å². The van der Waals surface area contributed by atoms with Gasteiger partial charge in [0.2, 0.25) is 11.9 Å². The normalized spacial score (nSPS) is 15.0. The summed E-state index contributed by atoms with van der Waals surface area (Å²) < 4.78 is 1.80. The van der Waals surface area contributed by atoms with Crippen molar-refractivity contribution in [2.45, 2.75) is 32.6 Å². The van der Waals surface area contributed by atoms with Crippen LogP contribution in [-0.4, -0.2) is 49.6 Å². The number of amides is 2. The molecule has 3 aromatic rings. The van der Waals surface area contributed by atoms with Crippen molar-refractivity contribution in [2.75, 3.05) is 18.4 Å². The second kappa shape index (κ2) is 8.22. The number of benzene rings is 1. The lowest BCUT2D eigenvalue weighted by atomic mass is 9.93. The van der Waals surface area contributed by atoms with Gasteiger partial charge in [-0.15, -0.1) is 0 Å². The van der Waals surface area contributed by atoms with Gasteiger partial charge >= 0.3 is 0 Å². The van der Waals surface area contributed by atoms with Crippen molar-refractivity contribution < 1.29 is 9.59 Å². The molecule has 3 heterocycles. The van der Waals surface area contributed by atoms with Gasteiger partial charge in [0, 0.05) is 54.8 Å². The van der Waals surface area contributed by atoms with Gasteiger partial charge in [-0.1, -0.05) is 13.8 Å². The minimum Gasteiger partial charge on any atom is -0.339 e. The van der Waals surface area contributed by atoms with Crippen molar-refractivity contribution in [1.29, 1.82) is 0 Å². The van der Waals surface area contributed by atoms with Crippen LogP contribution in [0.15, 0.2) is 36.7 Å². The zero-order valence-electron chi connectivity index (χ0n) is 17.5. The van der Waals surface area contributed by atoms with Crippen molar-refractivity contribution in [3.8, 4) is 0 Å². The zero-order valence-corrected chi connectivity index (χ0v) is 17.5. The highest BCUT2D eigenvalue weighted by Gasteiger charge is 2.26. The molecule has 1 saturated heterocycles. The smallest absolute Gasteiger partial charge is 0.253 e. The Hall–Kier alpha value is -3.29. The third-order valence-corrected chi connectivity index (χ3v) is 5.63. The van der Waals surface area contributed by atoms with E-state index in [9.17, 15) is 9.59 Å². The Morgan fingerprint density at radius 1 is 1.17 bits per heavy atom. The van der Waals surface area contributed by atoms with Gasteiger partial charge in [0.15, 0.2) is 0 Å². The summed E-state index contributed by atoms with van der Waals surface area (Å²) in [5.74, 6) is 0.407. The number of aryl methyl sites for hydroxylation is 1. The summed E-state index contributed by atoms with van der Waals surface area (Å²) in [6.45, 7) is 5.01. The van der Waals surface area contributed by atoms with E-state index in [4.69, 9.17) is 0 Å². The van der Waals surface area contributed by atoms with E-state index in [-0.39, 0.29) is 23.7 Å². The Balaban J connectivity index is 1.40. The number of fused-ring (bicyclic) bond motifs is 1. The molecule has 156 valence electrons. The zero-order chi connectivity index (χ0) is 21.3. The van der Waals surface area contributed by atoms with E-state index >= 15 is 0 Å². The molecule has 0 bridgehead atoms. The average molecular weight is 406 g/mol. The summed E-state index contributed by atoms with van der Waals surface area (Å²) >= 11 is 0. The molecule has 1 aromatic carbocycles. The first-order valence-electron chi connectivity index (χ1n) is 10.3. The molecule has 4 rings (SSSR count). The summed E-state index contributed by atoms with van der Waals surface area (Å²) in [5, 5.41) is 7.96. The molecule has 1 aliphatic heterocycles. The molecule has 0 unspecified atom stereocenters. The molecule has 8 heteroatoms. The molecule has 30 heavy (non-hydrogen) atoms. The van der Waals surface area contributed by atoms with Gasteiger partial charge in [-0.05, 0) is 37.1 Å². The molecule has 1 aliphatic rings. The SMILES string of the molecule is CC(C)C(=O)Nc1nccc(C2CCN(C(=O)c3ccc4c(cnn4C)c3)CC2)n1. The summed E-state index contributed by atoms with van der Waals surface area (Å²) in [6, 6.07) is 7.61. The molecule has 0 atom stereocenters. The molecular weight excluding hydrogens is 380 g/mol. The van der Waals surface area contributed by atoms with E-state index in [1.54, 1.807) is 17.1 Å². The van der Waals surface area contributed by atoms with Crippen molar-refractivity contribution in [2.24, 2.45) is 13.0 Å². The Labute approximate surface area is 175 Å². The molecule has 2 amide bonds. The second-order valence-electron chi connectivity index (χ2n) is 8.06. The van der Waals surface area contributed by atoms with Gasteiger partial charge in [0.1, 0.15) is 0 Å². The summed E-state index contributed by atoms with van der Waals surface area (Å²) in [6.07, 6.45) is 5.12. The first-order chi connectivity index (χ1) is 14.4. The van der Waals surface area contributed by atoms with Gasteiger partial charge in [-0.2, -0.15) is 5.10 Å². The van der Waals surface area contributed by atoms with Crippen LogP contribution in [0.2, 0.25) is 0 Å². The number of nitrogens with zero attached hydrogens (tertiary/aromatic N) is 5. The number of likely N-dealkylation sites (tertiary alicyclic amines) is 1. The lowest BCUT2D eigenvalue weighted by molar-refractivity contribution is -0.118. The number of aromatic nitrogens is 4. The van der Waals surface area contributed by atoms with Crippen LogP contribution >= 0.6 is 0 Å². The lowest BCUT2D eigenvalue weighted by Crippen LogP contribution is -2.38. The fourth-order valence-electron chi connectivity index (χ4n) is 3.77. The number of nitrogens with one attached hydrogen (secondary N) is 1. The van der Waals surface area contributed by atoms with E-state index in [0.29, 0.717) is 24.6 Å². The molecule has 1 fully saturated rings. The monoisotopic (exact) mass is 406 g/mol. The Bertz CT molecular complexity index is 1080. The predicted octanol–water partition coefficient (Wildman–Crippen LogP) is 2.98. The first kappa shape index (κ1) is 20.0. The largest absolute Gasteiger partial charge is 0.339 e. The number of hydrogen-bond donors (Lipinski definition) is 1. The van der Waals surface area contributed by atoms with Crippen molar-refractivity contribution in [1.82, 2.24) is 24.6 Å². The van der Waals surface area contributed by atoms with Gasteiger partial charge in [0.05, 0.1) is 11.7 Å². The lowest BCUT2D eigenvalue weighted by Gasteiger charge is -2.32. The van der Waals surface area contributed by atoms with Gasteiger partial charge in [-0.25, -0.2) is 9.97 Å². The van der Waals surface area contributed by atoms with Crippen LogP contribution in [0.4, 0.5) is 5.95 Å². The number of hydrogen-bond acceptors (Lipinski definition) is 5. The van der Waals surface area contributed by atoms with Crippen molar-refractivity contribution >= 4 is 28.7 Å². The fourth-order valence-corrected chi connectivity index (χ4v) is 3.77. The predicted molar refractivity (Wildman–Crippen MR) is 114 cm³/mol. The molecule has 8 nitrogen and oxygen atoms in total. The van der Waals surface area contributed by atoms with Crippen LogP contribution in [0, 0.1) is 5.92 Å². The standard InChI is InChI=1S/C22H26N6O2/c1-14(2)20(29)26-22-23-9-6-18(25-22)15-7-10-28(11-8-15)21(30)16-4-5-19-17(12-16)13-24-27(19)3/h4-6,9,12-15H,7-8,10-11H2,1-3H3,(H,23,25,26,29). The highest BCUT2D eigenvalue weighted by atomic mass is 16.2. The minimum atomic E-state index is -0.127. The summed E-state index contributed by atoms with van der Waals surface area (Å²) in [7, 11) is 1.89. The number of rotatable bonds is 4. The topological polar surface area (TPSA) is 93.0 Å². The quantitative estimate of drug-likeness (QED) is 0.719. The van der Waals surface area contributed by atoms with Crippen LogP contribution in [-0.2, 0) is 11.8 Å². The van der Waals surface area contributed by atoms with Crippen molar-refractivity contribution in [3.63, 3.8) is 0 Å². The van der Waals surface area contributed by atoms with E-state index in [0.717, 1.165) is 29.4 Å². The number of anilines is 1. The van der Waals surface area contributed by atoms with Crippen LogP contribution in [0.3, 0.4) is 0 Å². The molecule has 0 radical (unpaired) electrons. The van der Waals surface area contributed by atoms with E-state index in [2.05, 4.69) is 20.4 Å². The maximum absolute atomic E-state index is 13.0. The van der Waals surface area contributed by atoms with Crippen LogP contribution in [0.5, 0.6) is 0 Å². The Morgan fingerprint density at radius 2 is 1.93 bits per heavy atom. The third kappa shape index (κ3) is 4.03. The molecule has 0 aliphatic carbocycles. The average Bonchev–Trinajstić information content (AvgIpc) is 3.13. The third-order valence-electron chi connectivity index (χ3n) is 5.63. The first-order valence-corrected chi connectivity index (χ1v) is 10.3. The van der Waals surface area contributed by atoms with Gasteiger partial charge in [-0.3, -0.25) is 19.6 Å². The van der Waals surface area contributed by atoms with Crippen molar-refractivity contribution in [3.05, 3.63) is 47.9 Å². The molecule has 0 spiro atoms. The number of piperidine rings is 1. The van der Waals surface area contributed by atoms with E-state index < -0.39 is 0 Å². The van der Waals surface area contributed by atoms with Gasteiger partial charge < -0.3 is 4.90 Å². The molecule has 1 N–H and O–H groups in total. The van der Waals surface area contributed by atoms with E-state index in [1.165, 1.54) is 0 Å². The highest BCUT2D eigenvalue weighted by Crippen LogP contribution is 2.28. The second-order valence-corrected chi connectivity index (χ2v) is 8.06. The maximum Gasteiger partial charge on any atom is 0.253 e. The fraction of sp³-hybridized carbons (Fsp3) is 0.409. The van der Waals surface area contributed by atoms with Crippen LogP contribution < -0.4 is 5.32 Å². The summed E-state index contributed by atoms with van der Waals surface area (Å²) in [4.78, 5) is 35.4. The highest BCUT2D eigenvalue weighted by molar-refractivity contribution is 5.98.